The molecule has 3 rings (SSSR count). The van der Waals surface area contributed by atoms with Gasteiger partial charge in [0.05, 0.1) is 11.1 Å². The Hall–Kier alpha value is -2.95. The van der Waals surface area contributed by atoms with Gasteiger partial charge in [0, 0.05) is 23.9 Å². The zero-order valence-corrected chi connectivity index (χ0v) is 12.8. The minimum Gasteiger partial charge on any atom is -0.352 e. The number of benzene rings is 2. The molecule has 0 aliphatic rings. The number of rotatable bonds is 4. The van der Waals surface area contributed by atoms with Gasteiger partial charge in [0.1, 0.15) is 0 Å². The third-order valence-corrected chi connectivity index (χ3v) is 3.71. The van der Waals surface area contributed by atoms with Crippen molar-refractivity contribution in [2.75, 3.05) is 0 Å². The van der Waals surface area contributed by atoms with Gasteiger partial charge in [0.15, 0.2) is 0 Å². The molecule has 0 aliphatic carbocycles. The molecule has 2 aromatic carbocycles. The number of aromatic amines is 1. The first kappa shape index (κ1) is 15.0. The van der Waals surface area contributed by atoms with E-state index in [1.807, 2.05) is 49.4 Å². The molecule has 0 bridgehead atoms. The molecule has 1 amide bonds. The van der Waals surface area contributed by atoms with Crippen LogP contribution in [0.15, 0.2) is 53.3 Å². The number of aromatic nitrogens is 2. The van der Waals surface area contributed by atoms with E-state index in [-0.39, 0.29) is 11.5 Å². The predicted molar refractivity (Wildman–Crippen MR) is 89.9 cm³/mol. The SMILES string of the molecule is CCC(=O)NCc1cccc(-c2n[nH]c(=O)c3ccccc23)c1. The Morgan fingerprint density at radius 3 is 2.70 bits per heavy atom. The molecule has 0 radical (unpaired) electrons. The molecule has 1 aromatic heterocycles. The second kappa shape index (κ2) is 6.44. The van der Waals surface area contributed by atoms with Gasteiger partial charge in [-0.1, -0.05) is 43.3 Å². The monoisotopic (exact) mass is 307 g/mol. The fraction of sp³-hybridized carbons (Fsp3) is 0.167. The molecule has 0 atom stereocenters. The number of nitrogens with one attached hydrogen (secondary N) is 2. The third kappa shape index (κ3) is 3.13. The lowest BCUT2D eigenvalue weighted by Crippen LogP contribution is -2.21. The van der Waals surface area contributed by atoms with Gasteiger partial charge in [-0.15, -0.1) is 0 Å². The van der Waals surface area contributed by atoms with Gasteiger partial charge < -0.3 is 5.32 Å². The van der Waals surface area contributed by atoms with E-state index in [0.717, 1.165) is 22.2 Å². The van der Waals surface area contributed by atoms with Gasteiger partial charge in [-0.05, 0) is 17.7 Å². The van der Waals surface area contributed by atoms with E-state index in [9.17, 15) is 9.59 Å². The first-order valence-corrected chi connectivity index (χ1v) is 7.52. The summed E-state index contributed by atoms with van der Waals surface area (Å²) in [4.78, 5) is 23.3. The molecule has 0 fully saturated rings. The summed E-state index contributed by atoms with van der Waals surface area (Å²) in [7, 11) is 0. The number of hydrogen-bond donors (Lipinski definition) is 2. The summed E-state index contributed by atoms with van der Waals surface area (Å²) < 4.78 is 0. The molecule has 1 heterocycles. The first-order chi connectivity index (χ1) is 11.2. The van der Waals surface area contributed by atoms with Crippen LogP contribution in [0.1, 0.15) is 18.9 Å². The van der Waals surface area contributed by atoms with Gasteiger partial charge in [-0.25, -0.2) is 5.10 Å². The molecule has 3 aromatic rings. The summed E-state index contributed by atoms with van der Waals surface area (Å²) in [6.45, 7) is 2.30. The lowest BCUT2D eigenvalue weighted by Gasteiger charge is -2.08. The maximum absolute atomic E-state index is 11.9. The summed E-state index contributed by atoms with van der Waals surface area (Å²) in [5, 5.41) is 11.0. The van der Waals surface area contributed by atoms with Crippen LogP contribution in [0.25, 0.3) is 22.0 Å². The molecule has 5 heteroatoms. The van der Waals surface area contributed by atoms with E-state index >= 15 is 0 Å². The maximum Gasteiger partial charge on any atom is 0.272 e. The van der Waals surface area contributed by atoms with Crippen molar-refractivity contribution < 1.29 is 4.79 Å². The molecule has 0 aliphatic heterocycles. The molecule has 2 N–H and O–H groups in total. The quantitative estimate of drug-likeness (QED) is 0.778. The average Bonchev–Trinajstić information content (AvgIpc) is 2.60. The molecule has 23 heavy (non-hydrogen) atoms. The standard InChI is InChI=1S/C18H17N3O2/c1-2-16(22)19-11-12-6-5-7-13(10-12)17-14-8-3-4-9-15(14)18(23)21-20-17/h3-10H,2,11H2,1H3,(H,19,22)(H,21,23). The number of H-pyrrole nitrogens is 1. The molecule has 116 valence electrons. The topological polar surface area (TPSA) is 74.8 Å². The van der Waals surface area contributed by atoms with Crippen molar-refractivity contribution in [1.29, 1.82) is 0 Å². The second-order valence-corrected chi connectivity index (χ2v) is 5.28. The molecular weight excluding hydrogens is 290 g/mol. The highest BCUT2D eigenvalue weighted by Gasteiger charge is 2.09. The molecule has 5 nitrogen and oxygen atoms in total. The van der Waals surface area contributed by atoms with Crippen molar-refractivity contribution in [2.45, 2.75) is 19.9 Å². The molecular formula is C18H17N3O2. The Morgan fingerprint density at radius 2 is 1.91 bits per heavy atom. The van der Waals surface area contributed by atoms with E-state index in [0.29, 0.717) is 18.4 Å². The fourth-order valence-corrected chi connectivity index (χ4v) is 2.49. The van der Waals surface area contributed by atoms with E-state index in [1.165, 1.54) is 0 Å². The number of nitrogens with zero attached hydrogens (tertiary/aromatic N) is 1. The fourth-order valence-electron chi connectivity index (χ4n) is 2.49. The lowest BCUT2D eigenvalue weighted by atomic mass is 10.0. The third-order valence-electron chi connectivity index (χ3n) is 3.71. The average molecular weight is 307 g/mol. The number of amides is 1. The van der Waals surface area contributed by atoms with Crippen LogP contribution >= 0.6 is 0 Å². The highest BCUT2D eigenvalue weighted by Crippen LogP contribution is 2.24. The number of carbonyl (C=O) groups is 1. The number of fused-ring (bicyclic) bond motifs is 1. The summed E-state index contributed by atoms with van der Waals surface area (Å²) in [6.07, 6.45) is 0.464. The van der Waals surface area contributed by atoms with Crippen LogP contribution < -0.4 is 10.9 Å². The summed E-state index contributed by atoms with van der Waals surface area (Å²) >= 11 is 0. The largest absolute Gasteiger partial charge is 0.352 e. The Balaban J connectivity index is 2.01. The highest BCUT2D eigenvalue weighted by atomic mass is 16.1. The maximum atomic E-state index is 11.9. The zero-order valence-electron chi connectivity index (χ0n) is 12.8. The normalized spacial score (nSPS) is 10.7. The van der Waals surface area contributed by atoms with Crippen LogP contribution in [-0.2, 0) is 11.3 Å². The Labute approximate surface area is 133 Å². The number of hydrogen-bond acceptors (Lipinski definition) is 3. The van der Waals surface area contributed by atoms with Crippen molar-refractivity contribution in [3.8, 4) is 11.3 Å². The lowest BCUT2D eigenvalue weighted by molar-refractivity contribution is -0.120. The van der Waals surface area contributed by atoms with Crippen LogP contribution in [0.3, 0.4) is 0 Å². The summed E-state index contributed by atoms with van der Waals surface area (Å²) in [5.41, 5.74) is 2.42. The highest BCUT2D eigenvalue weighted by molar-refractivity contribution is 5.93. The van der Waals surface area contributed by atoms with Crippen LogP contribution in [0, 0.1) is 0 Å². The molecule has 0 saturated carbocycles. The molecule has 0 saturated heterocycles. The van der Waals surface area contributed by atoms with Gasteiger partial charge in [-0.2, -0.15) is 5.10 Å². The Kier molecular flexibility index (Phi) is 4.19. The summed E-state index contributed by atoms with van der Waals surface area (Å²) in [5.74, 6) is 0.0167. The minimum atomic E-state index is -0.198. The predicted octanol–water partition coefficient (Wildman–Crippen LogP) is 2.62. The summed E-state index contributed by atoms with van der Waals surface area (Å²) in [6, 6.07) is 15.2. The van der Waals surface area contributed by atoms with Crippen molar-refractivity contribution >= 4 is 16.7 Å². The van der Waals surface area contributed by atoms with Crippen LogP contribution in [0.5, 0.6) is 0 Å². The Bertz CT molecular complexity index is 915. The van der Waals surface area contributed by atoms with E-state index in [1.54, 1.807) is 6.07 Å². The second-order valence-electron chi connectivity index (χ2n) is 5.28. The van der Waals surface area contributed by atoms with E-state index < -0.39 is 0 Å². The molecule has 0 unspecified atom stereocenters. The zero-order chi connectivity index (χ0) is 16.2. The first-order valence-electron chi connectivity index (χ1n) is 7.52. The van der Waals surface area contributed by atoms with Gasteiger partial charge in [0.2, 0.25) is 5.91 Å². The van der Waals surface area contributed by atoms with Crippen LogP contribution in [0.2, 0.25) is 0 Å². The van der Waals surface area contributed by atoms with Crippen molar-refractivity contribution in [3.63, 3.8) is 0 Å². The minimum absolute atomic E-state index is 0.0167. The van der Waals surface area contributed by atoms with Crippen LogP contribution in [0.4, 0.5) is 0 Å². The van der Waals surface area contributed by atoms with E-state index in [2.05, 4.69) is 15.5 Å². The smallest absolute Gasteiger partial charge is 0.272 e. The van der Waals surface area contributed by atoms with Gasteiger partial charge in [0.25, 0.3) is 5.56 Å². The Morgan fingerprint density at radius 1 is 1.13 bits per heavy atom. The van der Waals surface area contributed by atoms with E-state index in [4.69, 9.17) is 0 Å². The van der Waals surface area contributed by atoms with Crippen molar-refractivity contribution in [1.82, 2.24) is 15.5 Å². The van der Waals surface area contributed by atoms with Gasteiger partial charge in [-0.3, -0.25) is 9.59 Å². The van der Waals surface area contributed by atoms with Gasteiger partial charge >= 0.3 is 0 Å². The van der Waals surface area contributed by atoms with Crippen molar-refractivity contribution in [3.05, 3.63) is 64.4 Å². The van der Waals surface area contributed by atoms with Crippen molar-refractivity contribution in [2.24, 2.45) is 0 Å². The van der Waals surface area contributed by atoms with Crippen LogP contribution in [-0.4, -0.2) is 16.1 Å². The number of carbonyl (C=O) groups excluding carboxylic acids is 1. The molecule has 0 spiro atoms.